The Hall–Kier alpha value is -1.05. The number of hydrogen-bond donors (Lipinski definition) is 2. The molecule has 1 aliphatic rings. The minimum atomic E-state index is -4.98. The van der Waals surface area contributed by atoms with Gasteiger partial charge in [0, 0.05) is 6.54 Å². The molecule has 0 unspecified atom stereocenters. The van der Waals surface area contributed by atoms with Crippen LogP contribution in [0.1, 0.15) is 5.56 Å². The van der Waals surface area contributed by atoms with E-state index < -0.39 is 29.9 Å². The number of nitrogens with one attached hydrogen (secondary N) is 1. The number of anilines is 1. The fourth-order valence-electron chi connectivity index (χ4n) is 2.35. The molecule has 0 amide bonds. The molecule has 3 N–H and O–H groups in total. The van der Waals surface area contributed by atoms with E-state index in [9.17, 15) is 21.4 Å². The fraction of sp³-hybridized carbons (Fsp3) is 0.143. The normalized spacial score (nSPS) is 13.1. The Bertz CT molecular complexity index is 1090. The van der Waals surface area contributed by atoms with Crippen molar-refractivity contribution in [1.82, 2.24) is 0 Å². The first-order valence-electron chi connectivity index (χ1n) is 7.00. The third-order valence-electron chi connectivity index (χ3n) is 3.53. The summed E-state index contributed by atoms with van der Waals surface area (Å²) in [4.78, 5) is -1.42. The van der Waals surface area contributed by atoms with Crippen LogP contribution in [-0.2, 0) is 26.7 Å². The molecule has 1 aliphatic heterocycles. The molecule has 0 aromatic heterocycles. The molecular formula is C14H12ClN2NaO7S2. The number of ether oxygens (including phenoxy) is 2. The van der Waals surface area contributed by atoms with Crippen LogP contribution in [0.15, 0.2) is 40.1 Å². The van der Waals surface area contributed by atoms with Crippen molar-refractivity contribution in [3.63, 3.8) is 0 Å². The summed E-state index contributed by atoms with van der Waals surface area (Å²) in [6, 6.07) is 6.75. The van der Waals surface area contributed by atoms with Gasteiger partial charge in [0.25, 0.3) is 0 Å². The summed E-state index contributed by atoms with van der Waals surface area (Å²) in [5.41, 5.74) is 0.560. The van der Waals surface area contributed by atoms with Gasteiger partial charge in [0.05, 0.1) is 15.6 Å². The van der Waals surface area contributed by atoms with Gasteiger partial charge in [0.1, 0.15) is 15.0 Å². The monoisotopic (exact) mass is 442 g/mol. The van der Waals surface area contributed by atoms with Crippen LogP contribution >= 0.6 is 11.6 Å². The van der Waals surface area contributed by atoms with Crippen LogP contribution in [-0.4, -0.2) is 28.2 Å². The molecule has 13 heteroatoms. The first-order valence-corrected chi connectivity index (χ1v) is 10.3. The zero-order chi connectivity index (χ0) is 19.1. The van der Waals surface area contributed by atoms with Gasteiger partial charge in [-0.1, -0.05) is 17.7 Å². The summed E-state index contributed by atoms with van der Waals surface area (Å²) in [6.07, 6.45) is 0. The molecule has 0 aliphatic carbocycles. The molecule has 0 saturated carbocycles. The van der Waals surface area contributed by atoms with E-state index in [0.29, 0.717) is 23.1 Å². The van der Waals surface area contributed by atoms with Crippen LogP contribution in [0.2, 0.25) is 5.02 Å². The van der Waals surface area contributed by atoms with Gasteiger partial charge in [-0.2, -0.15) is 0 Å². The van der Waals surface area contributed by atoms with Crippen molar-refractivity contribution in [3.05, 3.63) is 40.9 Å². The summed E-state index contributed by atoms with van der Waals surface area (Å²) >= 11 is 5.86. The van der Waals surface area contributed by atoms with Crippen LogP contribution < -0.4 is 49.5 Å². The number of nitrogens with two attached hydrogens (primary N) is 1. The van der Waals surface area contributed by atoms with Gasteiger partial charge in [-0.25, -0.2) is 22.0 Å². The summed E-state index contributed by atoms with van der Waals surface area (Å²) < 4.78 is 67.9. The van der Waals surface area contributed by atoms with Crippen molar-refractivity contribution in [2.24, 2.45) is 5.14 Å². The van der Waals surface area contributed by atoms with Crippen LogP contribution in [0.4, 0.5) is 5.69 Å². The Kier molecular flexibility index (Phi) is 6.70. The second-order valence-corrected chi connectivity index (χ2v) is 8.60. The van der Waals surface area contributed by atoms with Crippen LogP contribution in [0.5, 0.6) is 11.5 Å². The van der Waals surface area contributed by atoms with Gasteiger partial charge in [-0.3, -0.25) is 0 Å². The van der Waals surface area contributed by atoms with Gasteiger partial charge >= 0.3 is 29.6 Å². The largest absolute Gasteiger partial charge is 1.00 e. The first kappa shape index (κ1) is 22.2. The molecular weight excluding hydrogens is 431 g/mol. The zero-order valence-electron chi connectivity index (χ0n) is 13.9. The van der Waals surface area contributed by atoms with Crippen molar-refractivity contribution in [3.8, 4) is 11.5 Å². The Morgan fingerprint density at radius 1 is 1.07 bits per heavy atom. The smallest absolute Gasteiger partial charge is 0.744 e. The van der Waals surface area contributed by atoms with E-state index in [1.165, 1.54) is 0 Å². The number of hydrogen-bond acceptors (Lipinski definition) is 8. The molecule has 0 bridgehead atoms. The topological polar surface area (TPSA) is 148 Å². The maximum atomic E-state index is 11.5. The zero-order valence-corrected chi connectivity index (χ0v) is 18.3. The average Bonchev–Trinajstić information content (AvgIpc) is 2.98. The minimum Gasteiger partial charge on any atom is -0.744 e. The van der Waals surface area contributed by atoms with E-state index >= 15 is 0 Å². The SMILES string of the molecule is NS(=O)(=O)c1cc(S(=O)(=O)[O-])c(NCc2ccc3c(c2)OCO3)cc1Cl.[Na+]. The Balaban J connectivity index is 0.00000261. The van der Waals surface area contributed by atoms with E-state index in [0.717, 1.165) is 6.07 Å². The van der Waals surface area contributed by atoms with E-state index in [4.69, 9.17) is 26.2 Å². The molecule has 3 rings (SSSR count). The van der Waals surface area contributed by atoms with Crippen molar-refractivity contribution in [2.75, 3.05) is 12.1 Å². The van der Waals surface area contributed by atoms with Crippen molar-refractivity contribution in [1.29, 1.82) is 0 Å². The Morgan fingerprint density at radius 2 is 1.74 bits per heavy atom. The maximum Gasteiger partial charge on any atom is 1.00 e. The van der Waals surface area contributed by atoms with Gasteiger partial charge in [0.15, 0.2) is 11.5 Å². The third kappa shape index (κ3) is 5.06. The molecule has 2 aromatic rings. The summed E-state index contributed by atoms with van der Waals surface area (Å²) in [7, 11) is -9.28. The molecule has 0 radical (unpaired) electrons. The molecule has 9 nitrogen and oxygen atoms in total. The standard InChI is InChI=1S/C14H13ClN2O7S2.Na/c15-9-4-10(14(26(20,21)22)5-13(9)25(16,18)19)17-6-8-1-2-11-12(3-8)24-7-23-11;/h1-5,17H,6-7H2,(H2,16,18,19)(H,20,21,22);/q;+1/p-1. The second-order valence-electron chi connectivity index (χ2n) is 5.32. The Morgan fingerprint density at radius 3 is 2.37 bits per heavy atom. The molecule has 0 atom stereocenters. The van der Waals surface area contributed by atoms with Gasteiger partial charge < -0.3 is 19.3 Å². The van der Waals surface area contributed by atoms with E-state index in [-0.39, 0.29) is 53.6 Å². The second kappa shape index (κ2) is 8.13. The number of sulfonamides is 1. The fourth-order valence-corrected chi connectivity index (χ4v) is 4.18. The molecule has 140 valence electrons. The molecule has 27 heavy (non-hydrogen) atoms. The maximum absolute atomic E-state index is 11.5. The molecule has 2 aromatic carbocycles. The molecule has 0 saturated heterocycles. The first-order chi connectivity index (χ1) is 12.1. The van der Waals surface area contributed by atoms with E-state index in [1.54, 1.807) is 18.2 Å². The van der Waals surface area contributed by atoms with Gasteiger partial charge in [0.2, 0.25) is 16.8 Å². The summed E-state index contributed by atoms with van der Waals surface area (Å²) in [6.45, 7) is 0.222. The van der Waals surface area contributed by atoms with E-state index in [1.807, 2.05) is 0 Å². The van der Waals surface area contributed by atoms with Crippen LogP contribution in [0.25, 0.3) is 0 Å². The average molecular weight is 443 g/mol. The van der Waals surface area contributed by atoms with Crippen LogP contribution in [0.3, 0.4) is 0 Å². The van der Waals surface area contributed by atoms with Crippen molar-refractivity contribution in [2.45, 2.75) is 16.3 Å². The predicted molar refractivity (Wildman–Crippen MR) is 90.7 cm³/mol. The summed E-state index contributed by atoms with van der Waals surface area (Å²) in [5, 5.41) is 7.42. The number of fused-ring (bicyclic) bond motifs is 1. The molecule has 0 spiro atoms. The minimum absolute atomic E-state index is 0. The molecule has 0 fully saturated rings. The number of rotatable bonds is 5. The Labute approximate surface area is 182 Å². The van der Waals surface area contributed by atoms with Crippen molar-refractivity contribution >= 4 is 37.4 Å². The third-order valence-corrected chi connectivity index (χ3v) is 5.78. The van der Waals surface area contributed by atoms with E-state index in [2.05, 4.69) is 5.32 Å². The quantitative estimate of drug-likeness (QED) is 0.408. The number of benzene rings is 2. The molecule has 1 heterocycles. The van der Waals surface area contributed by atoms with Crippen molar-refractivity contribution < 1.29 is 60.4 Å². The number of halogens is 1. The van der Waals surface area contributed by atoms with Gasteiger partial charge in [-0.05, 0) is 29.8 Å². The van der Waals surface area contributed by atoms with Gasteiger partial charge in [-0.15, -0.1) is 0 Å². The number of primary sulfonamides is 1. The van der Waals surface area contributed by atoms with Crippen LogP contribution in [0, 0.1) is 0 Å². The summed E-state index contributed by atoms with van der Waals surface area (Å²) in [5.74, 6) is 1.11. The predicted octanol–water partition coefficient (Wildman–Crippen LogP) is -1.76.